The summed E-state index contributed by atoms with van der Waals surface area (Å²) in [6.45, 7) is 1.17. The number of nitrogens with one attached hydrogen (secondary N) is 1. The van der Waals surface area contributed by atoms with Gasteiger partial charge in [0.15, 0.2) is 6.61 Å². The Morgan fingerprint density at radius 2 is 2.12 bits per heavy atom. The highest BCUT2D eigenvalue weighted by molar-refractivity contribution is 5.42. The molecule has 1 heterocycles. The molecule has 8 heteroatoms. The Bertz CT molecular complexity index is 370. The molecule has 0 aliphatic heterocycles. The molecular formula is C9H13F3N4O. The van der Waals surface area contributed by atoms with Gasteiger partial charge in [-0.3, -0.25) is 0 Å². The van der Waals surface area contributed by atoms with Crippen molar-refractivity contribution in [3.8, 4) is 5.88 Å². The van der Waals surface area contributed by atoms with Crippen molar-refractivity contribution in [3.63, 3.8) is 0 Å². The van der Waals surface area contributed by atoms with E-state index in [1.807, 2.05) is 6.92 Å². The second kappa shape index (κ2) is 5.55. The number of nitrogen functional groups attached to an aromatic ring is 1. The molecule has 1 aromatic heterocycles. The van der Waals surface area contributed by atoms with Crippen molar-refractivity contribution < 1.29 is 17.9 Å². The van der Waals surface area contributed by atoms with Crippen LogP contribution in [0.2, 0.25) is 0 Å². The standard InChI is InChI=1S/C9H13F3N4O/c1-2-3-14-6-4-7(16-8(13)15-6)17-5-9(10,11)12/h4H,2-3,5H2,1H3,(H3,13,14,15,16). The fourth-order valence-corrected chi connectivity index (χ4v) is 1.02. The van der Waals surface area contributed by atoms with E-state index in [2.05, 4.69) is 20.0 Å². The van der Waals surface area contributed by atoms with Crippen molar-refractivity contribution in [3.05, 3.63) is 6.07 Å². The van der Waals surface area contributed by atoms with Crippen LogP contribution in [0, 0.1) is 0 Å². The first-order valence-corrected chi connectivity index (χ1v) is 4.98. The van der Waals surface area contributed by atoms with Crippen LogP contribution in [0.15, 0.2) is 6.07 Å². The van der Waals surface area contributed by atoms with Gasteiger partial charge in [0, 0.05) is 12.6 Å². The van der Waals surface area contributed by atoms with E-state index in [-0.39, 0.29) is 11.8 Å². The van der Waals surface area contributed by atoms with E-state index in [0.717, 1.165) is 6.42 Å². The Labute approximate surface area is 96.2 Å². The lowest BCUT2D eigenvalue weighted by molar-refractivity contribution is -0.154. The van der Waals surface area contributed by atoms with Crippen LogP contribution >= 0.6 is 0 Å². The predicted octanol–water partition coefficient (Wildman–Crippen LogP) is 1.82. The zero-order chi connectivity index (χ0) is 12.9. The van der Waals surface area contributed by atoms with E-state index < -0.39 is 12.8 Å². The summed E-state index contributed by atoms with van der Waals surface area (Å²) in [6, 6.07) is 1.28. The van der Waals surface area contributed by atoms with Gasteiger partial charge in [-0.25, -0.2) is 0 Å². The number of hydrogen-bond donors (Lipinski definition) is 2. The highest BCUT2D eigenvalue weighted by atomic mass is 19.4. The molecule has 0 saturated carbocycles. The fourth-order valence-electron chi connectivity index (χ4n) is 1.02. The van der Waals surface area contributed by atoms with E-state index in [1.54, 1.807) is 0 Å². The molecule has 0 bridgehead atoms. The number of aromatic nitrogens is 2. The number of alkyl halides is 3. The van der Waals surface area contributed by atoms with Gasteiger partial charge >= 0.3 is 6.18 Å². The van der Waals surface area contributed by atoms with Gasteiger partial charge in [0.05, 0.1) is 0 Å². The second-order valence-corrected chi connectivity index (χ2v) is 3.28. The zero-order valence-corrected chi connectivity index (χ0v) is 9.21. The Hall–Kier alpha value is -1.73. The summed E-state index contributed by atoms with van der Waals surface area (Å²) in [5.41, 5.74) is 5.35. The molecule has 17 heavy (non-hydrogen) atoms. The molecule has 0 aliphatic carbocycles. The van der Waals surface area contributed by atoms with Crippen LogP contribution in [0.5, 0.6) is 5.88 Å². The summed E-state index contributed by atoms with van der Waals surface area (Å²) in [6.07, 6.45) is -3.56. The maximum Gasteiger partial charge on any atom is 0.422 e. The van der Waals surface area contributed by atoms with E-state index in [1.165, 1.54) is 6.07 Å². The number of nitrogens with two attached hydrogens (primary N) is 1. The summed E-state index contributed by atoms with van der Waals surface area (Å²) >= 11 is 0. The Kier molecular flexibility index (Phi) is 4.36. The molecule has 0 fully saturated rings. The summed E-state index contributed by atoms with van der Waals surface area (Å²) < 4.78 is 40.3. The van der Waals surface area contributed by atoms with Crippen LogP contribution in [0.25, 0.3) is 0 Å². The van der Waals surface area contributed by atoms with Crippen LogP contribution in [0.4, 0.5) is 24.9 Å². The van der Waals surface area contributed by atoms with Crippen molar-refractivity contribution in [2.45, 2.75) is 19.5 Å². The van der Waals surface area contributed by atoms with E-state index in [9.17, 15) is 13.2 Å². The Balaban J connectivity index is 2.68. The first-order chi connectivity index (χ1) is 7.90. The normalized spacial score (nSPS) is 11.3. The second-order valence-electron chi connectivity index (χ2n) is 3.28. The van der Waals surface area contributed by atoms with Crippen LogP contribution in [-0.2, 0) is 0 Å². The lowest BCUT2D eigenvalue weighted by atomic mass is 10.4. The SMILES string of the molecule is CCCNc1cc(OCC(F)(F)F)nc(N)n1. The third kappa shape index (κ3) is 5.23. The molecule has 5 nitrogen and oxygen atoms in total. The summed E-state index contributed by atoms with van der Waals surface area (Å²) in [5.74, 6) is 0.00762. The number of anilines is 2. The lowest BCUT2D eigenvalue weighted by Gasteiger charge is -2.10. The Morgan fingerprint density at radius 1 is 1.41 bits per heavy atom. The van der Waals surface area contributed by atoms with Crippen molar-refractivity contribution >= 4 is 11.8 Å². The molecule has 0 amide bonds. The predicted molar refractivity (Wildman–Crippen MR) is 56.8 cm³/mol. The van der Waals surface area contributed by atoms with Gasteiger partial charge in [-0.2, -0.15) is 23.1 Å². The lowest BCUT2D eigenvalue weighted by Crippen LogP contribution is -2.20. The Morgan fingerprint density at radius 3 is 2.71 bits per heavy atom. The highest BCUT2D eigenvalue weighted by Crippen LogP contribution is 2.19. The molecule has 1 rings (SSSR count). The average Bonchev–Trinajstić information content (AvgIpc) is 2.22. The van der Waals surface area contributed by atoms with E-state index >= 15 is 0 Å². The van der Waals surface area contributed by atoms with Gasteiger partial charge in [-0.1, -0.05) is 6.92 Å². The quantitative estimate of drug-likeness (QED) is 0.833. The first-order valence-electron chi connectivity index (χ1n) is 4.98. The van der Waals surface area contributed by atoms with Gasteiger partial charge in [0.1, 0.15) is 5.82 Å². The van der Waals surface area contributed by atoms with Crippen LogP contribution in [0.3, 0.4) is 0 Å². The molecule has 3 N–H and O–H groups in total. The summed E-state index contributed by atoms with van der Waals surface area (Å²) in [7, 11) is 0. The van der Waals surface area contributed by atoms with Crippen molar-refractivity contribution in [1.29, 1.82) is 0 Å². The molecule has 0 spiro atoms. The number of ether oxygens (including phenoxy) is 1. The minimum atomic E-state index is -4.41. The molecule has 0 aliphatic rings. The molecule has 0 saturated heterocycles. The van der Waals surface area contributed by atoms with Crippen molar-refractivity contribution in [2.24, 2.45) is 0 Å². The zero-order valence-electron chi connectivity index (χ0n) is 9.21. The number of nitrogens with zero attached hydrogens (tertiary/aromatic N) is 2. The third-order valence-electron chi connectivity index (χ3n) is 1.66. The maximum absolute atomic E-state index is 11.9. The minimum absolute atomic E-state index is 0.136. The summed E-state index contributed by atoms with van der Waals surface area (Å²) in [5, 5.41) is 2.88. The van der Waals surface area contributed by atoms with Gasteiger partial charge in [0.25, 0.3) is 0 Å². The molecule has 0 radical (unpaired) electrons. The molecular weight excluding hydrogens is 237 g/mol. The fraction of sp³-hybridized carbons (Fsp3) is 0.556. The van der Waals surface area contributed by atoms with Crippen LogP contribution < -0.4 is 15.8 Å². The molecule has 0 aromatic carbocycles. The number of hydrogen-bond acceptors (Lipinski definition) is 5. The average molecular weight is 250 g/mol. The topological polar surface area (TPSA) is 73.1 Å². The monoisotopic (exact) mass is 250 g/mol. The van der Waals surface area contributed by atoms with Gasteiger partial charge < -0.3 is 15.8 Å². The van der Waals surface area contributed by atoms with Gasteiger partial charge in [-0.15, -0.1) is 0 Å². The molecule has 1 aromatic rings. The van der Waals surface area contributed by atoms with Crippen molar-refractivity contribution in [1.82, 2.24) is 9.97 Å². The highest BCUT2D eigenvalue weighted by Gasteiger charge is 2.28. The van der Waals surface area contributed by atoms with Gasteiger partial charge in [0.2, 0.25) is 11.8 Å². The molecule has 0 atom stereocenters. The molecule has 0 unspecified atom stereocenters. The summed E-state index contributed by atoms with van der Waals surface area (Å²) in [4.78, 5) is 7.36. The third-order valence-corrected chi connectivity index (χ3v) is 1.66. The smallest absolute Gasteiger partial charge is 0.422 e. The van der Waals surface area contributed by atoms with E-state index in [0.29, 0.717) is 12.4 Å². The number of rotatable bonds is 5. The van der Waals surface area contributed by atoms with Crippen molar-refractivity contribution in [2.75, 3.05) is 24.2 Å². The van der Waals surface area contributed by atoms with Gasteiger partial charge in [-0.05, 0) is 6.42 Å². The van der Waals surface area contributed by atoms with Crippen LogP contribution in [-0.4, -0.2) is 29.3 Å². The minimum Gasteiger partial charge on any atom is -0.468 e. The first kappa shape index (κ1) is 13.3. The largest absolute Gasteiger partial charge is 0.468 e. The van der Waals surface area contributed by atoms with E-state index in [4.69, 9.17) is 5.73 Å². The number of halogens is 3. The molecule has 96 valence electrons. The van der Waals surface area contributed by atoms with Crippen LogP contribution in [0.1, 0.15) is 13.3 Å². The maximum atomic E-state index is 11.9.